The number of carbonyl (C=O) groups excluding carboxylic acids is 2. The van der Waals surface area contributed by atoms with Crippen molar-refractivity contribution in [2.45, 2.75) is 38.5 Å². The number of anilines is 2. The number of nitrogens with two attached hydrogens (primary N) is 2. The summed E-state index contributed by atoms with van der Waals surface area (Å²) in [6.07, 6.45) is 3.14. The molecule has 0 atom stereocenters. The maximum absolute atomic E-state index is 11.7. The molecule has 0 heterocycles. The molecule has 4 N–H and O–H groups in total. The molecule has 2 rings (SSSR count). The number of carbonyl (C=O) groups is 2. The number of hydrogen-bond donors (Lipinski definition) is 2. The second kappa shape index (κ2) is 11.6. The topological polar surface area (TPSA) is 105 Å². The van der Waals surface area contributed by atoms with E-state index in [1.807, 2.05) is 48.5 Å². The minimum absolute atomic E-state index is 0.243. The fourth-order valence-corrected chi connectivity index (χ4v) is 2.62. The van der Waals surface area contributed by atoms with Crippen LogP contribution in [0.25, 0.3) is 0 Å². The van der Waals surface area contributed by atoms with Crippen LogP contribution in [0, 0.1) is 0 Å². The molecule has 28 heavy (non-hydrogen) atoms. The molecule has 6 nitrogen and oxygen atoms in total. The number of ether oxygens (including phenoxy) is 2. The molecule has 6 heteroatoms. The van der Waals surface area contributed by atoms with Gasteiger partial charge in [-0.15, -0.1) is 0 Å². The lowest BCUT2D eigenvalue weighted by atomic mass is 10.1. The van der Waals surface area contributed by atoms with Crippen molar-refractivity contribution in [3.8, 4) is 0 Å². The maximum atomic E-state index is 11.7. The summed E-state index contributed by atoms with van der Waals surface area (Å²) in [7, 11) is 0. The van der Waals surface area contributed by atoms with Gasteiger partial charge in [0.1, 0.15) is 0 Å². The second-order valence-electron chi connectivity index (χ2n) is 6.63. The summed E-state index contributed by atoms with van der Waals surface area (Å²) in [4.78, 5) is 23.4. The molecular formula is C22H28N2O4. The molecule has 2 aromatic carbocycles. The van der Waals surface area contributed by atoms with Gasteiger partial charge in [-0.05, 0) is 48.2 Å². The van der Waals surface area contributed by atoms with Crippen molar-refractivity contribution in [3.63, 3.8) is 0 Å². The molecule has 0 aromatic heterocycles. The van der Waals surface area contributed by atoms with Gasteiger partial charge in [-0.3, -0.25) is 9.59 Å². The highest BCUT2D eigenvalue weighted by Gasteiger charge is 2.06. The molecule has 0 radical (unpaired) electrons. The Morgan fingerprint density at radius 2 is 1.00 bits per heavy atom. The molecule has 2 aromatic rings. The number of rotatable bonds is 11. The molecule has 0 bridgehead atoms. The van der Waals surface area contributed by atoms with Crippen LogP contribution >= 0.6 is 0 Å². The highest BCUT2D eigenvalue weighted by Crippen LogP contribution is 2.08. The van der Waals surface area contributed by atoms with Crippen molar-refractivity contribution in [2.75, 3.05) is 24.7 Å². The smallest absolute Gasteiger partial charge is 0.305 e. The van der Waals surface area contributed by atoms with Gasteiger partial charge in [0.2, 0.25) is 0 Å². The van der Waals surface area contributed by atoms with Crippen molar-refractivity contribution in [1.82, 2.24) is 0 Å². The lowest BCUT2D eigenvalue weighted by molar-refractivity contribution is -0.145. The first-order valence-corrected chi connectivity index (χ1v) is 9.53. The summed E-state index contributed by atoms with van der Waals surface area (Å²) < 4.78 is 10.4. The number of nitrogen functional groups attached to an aromatic ring is 2. The maximum Gasteiger partial charge on any atom is 0.305 e. The van der Waals surface area contributed by atoms with Crippen LogP contribution in [0.5, 0.6) is 0 Å². The van der Waals surface area contributed by atoms with E-state index in [0.29, 0.717) is 63.1 Å². The SMILES string of the molecule is Nc1ccc(CCOC(=O)CCCCC(=O)OCCc2ccc(N)cc2)cc1. The summed E-state index contributed by atoms with van der Waals surface area (Å²) in [5.74, 6) is -0.487. The van der Waals surface area contributed by atoms with E-state index < -0.39 is 0 Å². The summed E-state index contributed by atoms with van der Waals surface area (Å²) in [5, 5.41) is 0. The van der Waals surface area contributed by atoms with E-state index in [4.69, 9.17) is 20.9 Å². The third-order valence-corrected chi connectivity index (χ3v) is 4.28. The molecule has 0 unspecified atom stereocenters. The van der Waals surface area contributed by atoms with Gasteiger partial charge < -0.3 is 20.9 Å². The lowest BCUT2D eigenvalue weighted by Gasteiger charge is -2.06. The Balaban J connectivity index is 1.48. The van der Waals surface area contributed by atoms with Crippen LogP contribution in [0.2, 0.25) is 0 Å². The Kier molecular flexibility index (Phi) is 8.85. The highest BCUT2D eigenvalue weighted by atomic mass is 16.5. The number of esters is 2. The molecule has 0 saturated carbocycles. The van der Waals surface area contributed by atoms with E-state index in [1.54, 1.807) is 0 Å². The molecule has 0 aliphatic rings. The average Bonchev–Trinajstić information content (AvgIpc) is 2.68. The van der Waals surface area contributed by atoms with Crippen LogP contribution in [-0.2, 0) is 31.9 Å². The van der Waals surface area contributed by atoms with Crippen LogP contribution in [-0.4, -0.2) is 25.2 Å². The molecule has 0 spiro atoms. The monoisotopic (exact) mass is 384 g/mol. The van der Waals surface area contributed by atoms with Crippen LogP contribution in [0.4, 0.5) is 11.4 Å². The van der Waals surface area contributed by atoms with Gasteiger partial charge in [-0.2, -0.15) is 0 Å². The molecule has 0 fully saturated rings. The van der Waals surface area contributed by atoms with E-state index >= 15 is 0 Å². The second-order valence-corrected chi connectivity index (χ2v) is 6.63. The third kappa shape index (κ3) is 8.58. The van der Waals surface area contributed by atoms with Crippen molar-refractivity contribution >= 4 is 23.3 Å². The van der Waals surface area contributed by atoms with Crippen LogP contribution in [0.15, 0.2) is 48.5 Å². The van der Waals surface area contributed by atoms with Crippen LogP contribution in [0.3, 0.4) is 0 Å². The Hall–Kier alpha value is -3.02. The van der Waals surface area contributed by atoms with E-state index in [0.717, 1.165) is 11.1 Å². The summed E-state index contributed by atoms with van der Waals surface area (Å²) in [6, 6.07) is 15.0. The molecule has 0 aliphatic heterocycles. The normalized spacial score (nSPS) is 10.4. The first-order chi connectivity index (χ1) is 13.5. The number of unbranched alkanes of at least 4 members (excludes halogenated alkanes) is 1. The van der Waals surface area contributed by atoms with E-state index in [1.165, 1.54) is 0 Å². The standard InChI is InChI=1S/C22H28N2O4/c23-19-9-5-17(6-10-19)13-15-27-21(25)3-1-2-4-22(26)28-16-14-18-7-11-20(24)12-8-18/h5-12H,1-4,13-16,23-24H2. The van der Waals surface area contributed by atoms with Crippen LogP contribution in [0.1, 0.15) is 36.8 Å². The van der Waals surface area contributed by atoms with Crippen molar-refractivity contribution in [1.29, 1.82) is 0 Å². The number of benzene rings is 2. The van der Waals surface area contributed by atoms with E-state index in [9.17, 15) is 9.59 Å². The summed E-state index contributed by atoms with van der Waals surface area (Å²) in [5.41, 5.74) is 14.8. The predicted molar refractivity (Wildman–Crippen MR) is 110 cm³/mol. The van der Waals surface area contributed by atoms with E-state index in [2.05, 4.69) is 0 Å². The van der Waals surface area contributed by atoms with Gasteiger partial charge in [-0.25, -0.2) is 0 Å². The van der Waals surface area contributed by atoms with Gasteiger partial charge in [0.15, 0.2) is 0 Å². The molecule has 0 amide bonds. The fourth-order valence-electron chi connectivity index (χ4n) is 2.62. The Labute approximate surface area is 165 Å². The Morgan fingerprint density at radius 1 is 0.643 bits per heavy atom. The van der Waals surface area contributed by atoms with Crippen molar-refractivity contribution in [3.05, 3.63) is 59.7 Å². The van der Waals surface area contributed by atoms with Crippen molar-refractivity contribution in [2.24, 2.45) is 0 Å². The zero-order valence-corrected chi connectivity index (χ0v) is 16.1. The molecule has 150 valence electrons. The minimum Gasteiger partial charge on any atom is -0.465 e. The Morgan fingerprint density at radius 3 is 1.36 bits per heavy atom. The Bertz CT molecular complexity index is 677. The zero-order chi connectivity index (χ0) is 20.2. The van der Waals surface area contributed by atoms with Gasteiger partial charge in [0.25, 0.3) is 0 Å². The number of hydrogen-bond acceptors (Lipinski definition) is 6. The van der Waals surface area contributed by atoms with Gasteiger partial charge in [-0.1, -0.05) is 24.3 Å². The minimum atomic E-state index is -0.243. The van der Waals surface area contributed by atoms with Gasteiger partial charge in [0, 0.05) is 37.1 Å². The largest absolute Gasteiger partial charge is 0.465 e. The zero-order valence-electron chi connectivity index (χ0n) is 16.1. The quantitative estimate of drug-likeness (QED) is 0.350. The highest BCUT2D eigenvalue weighted by molar-refractivity contribution is 5.70. The molecule has 0 aliphatic carbocycles. The molecule has 0 saturated heterocycles. The summed E-state index contributed by atoms with van der Waals surface area (Å²) >= 11 is 0. The van der Waals surface area contributed by atoms with Gasteiger partial charge in [0.05, 0.1) is 13.2 Å². The molecular weight excluding hydrogens is 356 g/mol. The predicted octanol–water partition coefficient (Wildman–Crippen LogP) is 3.28. The first-order valence-electron chi connectivity index (χ1n) is 9.53. The lowest BCUT2D eigenvalue weighted by Crippen LogP contribution is -2.09. The third-order valence-electron chi connectivity index (χ3n) is 4.28. The average molecular weight is 384 g/mol. The fraction of sp³-hybridized carbons (Fsp3) is 0.364. The first kappa shape index (κ1) is 21.3. The van der Waals surface area contributed by atoms with Crippen molar-refractivity contribution < 1.29 is 19.1 Å². The van der Waals surface area contributed by atoms with Crippen LogP contribution < -0.4 is 11.5 Å². The summed E-state index contributed by atoms with van der Waals surface area (Å²) in [6.45, 7) is 0.686. The van der Waals surface area contributed by atoms with E-state index in [-0.39, 0.29) is 11.9 Å². The van der Waals surface area contributed by atoms with Gasteiger partial charge >= 0.3 is 11.9 Å².